The predicted octanol–water partition coefficient (Wildman–Crippen LogP) is 29.9. The van der Waals surface area contributed by atoms with Crippen molar-refractivity contribution in [3.05, 3.63) is 0 Å². The lowest BCUT2D eigenvalue weighted by Gasteiger charge is -2.28. The maximum Gasteiger partial charge on any atom is 0.136 e. The Kier molecular flexibility index (Phi) is 102. The van der Waals surface area contributed by atoms with Gasteiger partial charge in [0, 0.05) is 88.9 Å². The van der Waals surface area contributed by atoms with Gasteiger partial charge in [-0.3, -0.25) is 38.8 Å². The van der Waals surface area contributed by atoms with Gasteiger partial charge in [0.15, 0.2) is 0 Å². The molecule has 0 saturated carbocycles. The van der Waals surface area contributed by atoms with E-state index in [2.05, 4.69) is 81.9 Å². The highest BCUT2D eigenvalue weighted by atomic mass is 16.3. The van der Waals surface area contributed by atoms with Crippen LogP contribution >= 0.6 is 0 Å². The largest absolute Gasteiger partial charge is 0.392 e. The minimum Gasteiger partial charge on any atom is -0.392 e. The van der Waals surface area contributed by atoms with Gasteiger partial charge in [-0.25, -0.2) is 0 Å². The minimum atomic E-state index is -0.454. The fraction of sp³-hybridized carbons (Fsp3) is 0.966. The Hall–Kier alpha value is -1.80. The molecular formula is C119H238N4O12. The van der Waals surface area contributed by atoms with Gasteiger partial charge in [-0.1, -0.05) is 448 Å². The van der Waals surface area contributed by atoms with Gasteiger partial charge in [-0.05, 0) is 156 Å². The summed E-state index contributed by atoms with van der Waals surface area (Å²) in [5, 5.41) is 87.5. The average Bonchev–Trinajstić information content (AvgIpc) is 0.902. The number of nitrogens with zero attached hydrogens (tertiary/aromatic N) is 4. The molecule has 0 fully saturated rings. The lowest BCUT2D eigenvalue weighted by atomic mass is 9.85. The summed E-state index contributed by atoms with van der Waals surface area (Å²) >= 11 is 0. The SMILES string of the molecule is CCCCCCCCCCC(O)CN(CCCC[C@@H](CC)C(=O)C[C@H](CCCCN(CC(O)CCCCCCCCCC)CC(O)CCCCCCCCCC)C(C)=O)CC(C)O.CCCCCCCCCCC(O)CN(CCCC[C@H](CC(=O)[C@H](CC)CCCCN(CC(O)CCCCCCCCCC)CC(O)CCCCCCCCCC)C(C)=O)CC(O)CCCCCCCCCC. The van der Waals surface area contributed by atoms with Gasteiger partial charge in [0.2, 0.25) is 0 Å². The molecule has 0 bridgehead atoms. The van der Waals surface area contributed by atoms with Gasteiger partial charge < -0.3 is 40.9 Å². The van der Waals surface area contributed by atoms with Crippen molar-refractivity contribution in [2.24, 2.45) is 23.7 Å². The van der Waals surface area contributed by atoms with E-state index in [0.717, 1.165) is 193 Å². The standard InChI is InChI=1S/C64H128N2O6.C55H110N2O6/c1-7-12-16-20-24-28-32-36-46-60(68)53-65(54-61(69)47-37-33-29-25-21-17-13-8-2)50-42-40-44-58(11-5)64(72)52-59(57(6)67)45-41-43-51-66(55-62(70)48-38-34-30-26-22-18-14-9-3)56-63(71)49-39-35-31-27-23-19-15-10-4;1-7-11-14-17-20-23-26-29-38-52(60)45-56(44-48(5)58)41-34-32-36-50(10-4)55(63)43-51(49(6)59)37-33-35-42-57(46-53(61)39-30-27-24-21-18-15-12-8-2)47-54(62)40-31-28-25-22-19-16-13-9-3/h58-63,68-71H,7-56H2,1-6H3;48,50-54,58,60-62H,7-47H2,1-6H3/t58-,59-,60?,61?,62?,63?;48?,50-,51+,52?,53?,54?/m11/s1. The van der Waals surface area contributed by atoms with E-state index in [1.807, 2.05) is 0 Å². The van der Waals surface area contributed by atoms with Crippen LogP contribution in [0.1, 0.15) is 590 Å². The second-order valence-electron chi connectivity index (χ2n) is 43.5. The molecule has 8 unspecified atom stereocenters. The Balaban J connectivity index is 0. The third kappa shape index (κ3) is 91.9. The molecule has 0 aliphatic carbocycles. The number of Topliss-reactive ketones (excluding diaryl/α,β-unsaturated/α-hetero) is 4. The zero-order valence-electron chi connectivity index (χ0n) is 92.3. The van der Waals surface area contributed by atoms with Crippen molar-refractivity contribution in [1.29, 1.82) is 0 Å². The van der Waals surface area contributed by atoms with Crippen LogP contribution in [0.25, 0.3) is 0 Å². The van der Waals surface area contributed by atoms with E-state index in [1.54, 1.807) is 20.8 Å². The van der Waals surface area contributed by atoms with Crippen molar-refractivity contribution in [3.8, 4) is 0 Å². The predicted molar refractivity (Wildman–Crippen MR) is 581 cm³/mol. The van der Waals surface area contributed by atoms with Gasteiger partial charge in [0.1, 0.15) is 23.1 Å². The third-order valence-corrected chi connectivity index (χ3v) is 29.6. The van der Waals surface area contributed by atoms with E-state index in [9.17, 15) is 60.0 Å². The Morgan fingerprint density at radius 1 is 0.185 bits per heavy atom. The lowest BCUT2D eigenvalue weighted by molar-refractivity contribution is -0.129. The van der Waals surface area contributed by atoms with Crippen LogP contribution in [0.2, 0.25) is 0 Å². The smallest absolute Gasteiger partial charge is 0.136 e. The molecule has 0 heterocycles. The molecule has 8 N–H and O–H groups in total. The summed E-state index contributed by atoms with van der Waals surface area (Å²) in [7, 11) is 0. The normalized spacial score (nSPS) is 14.7. The first-order valence-electron chi connectivity index (χ1n) is 59.9. The van der Waals surface area contributed by atoms with Crippen LogP contribution in [0, 0.1) is 23.7 Å². The average molecular weight is 1920 g/mol. The molecule has 0 aromatic rings. The topological polar surface area (TPSA) is 243 Å². The monoisotopic (exact) mass is 1920 g/mol. The molecule has 0 spiro atoms. The van der Waals surface area contributed by atoms with Crippen LogP contribution in [-0.4, -0.2) is 211 Å². The molecule has 135 heavy (non-hydrogen) atoms. The minimum absolute atomic E-state index is 0.0507. The number of aliphatic hydroxyl groups excluding tert-OH is 8. The Labute approximate surface area is 839 Å². The number of hydrogen-bond donors (Lipinski definition) is 8. The molecule has 806 valence electrons. The van der Waals surface area contributed by atoms with E-state index in [4.69, 9.17) is 0 Å². The second kappa shape index (κ2) is 102. The second-order valence-corrected chi connectivity index (χ2v) is 43.5. The summed E-state index contributed by atoms with van der Waals surface area (Å²) in [6.45, 7) is 32.8. The molecular weight excluding hydrogens is 1680 g/mol. The number of hydrogen-bond acceptors (Lipinski definition) is 16. The Morgan fingerprint density at radius 2 is 0.326 bits per heavy atom. The molecule has 0 aliphatic heterocycles. The number of carbonyl (C=O) groups excluding carboxylic acids is 4. The highest BCUT2D eigenvalue weighted by Gasteiger charge is 2.28. The summed E-state index contributed by atoms with van der Waals surface area (Å²) < 4.78 is 0. The maximum atomic E-state index is 13.8. The summed E-state index contributed by atoms with van der Waals surface area (Å²) in [6, 6.07) is 0. The van der Waals surface area contributed by atoms with Crippen LogP contribution in [0.15, 0.2) is 0 Å². The first-order valence-corrected chi connectivity index (χ1v) is 59.9. The molecule has 0 radical (unpaired) electrons. The summed E-state index contributed by atoms with van der Waals surface area (Å²) in [6.07, 6.45) is 84.7. The fourth-order valence-electron chi connectivity index (χ4n) is 20.5. The lowest BCUT2D eigenvalue weighted by Crippen LogP contribution is -2.38. The van der Waals surface area contributed by atoms with Crippen molar-refractivity contribution in [3.63, 3.8) is 0 Å². The summed E-state index contributed by atoms with van der Waals surface area (Å²) in [5.74, 6) is -0.0181. The van der Waals surface area contributed by atoms with Crippen LogP contribution < -0.4 is 0 Å². The van der Waals surface area contributed by atoms with Crippen LogP contribution in [0.3, 0.4) is 0 Å². The number of ketones is 4. The van der Waals surface area contributed by atoms with E-state index < -0.39 is 30.5 Å². The van der Waals surface area contributed by atoms with Gasteiger partial charge in [-0.2, -0.15) is 0 Å². The van der Waals surface area contributed by atoms with E-state index in [-0.39, 0.29) is 65.1 Å². The first-order chi connectivity index (χ1) is 65.5. The number of aliphatic hydroxyl groups is 8. The fourth-order valence-corrected chi connectivity index (χ4v) is 20.5. The number of carbonyl (C=O) groups is 4. The molecule has 12 atom stereocenters. The number of rotatable bonds is 109. The third-order valence-electron chi connectivity index (χ3n) is 29.6. The molecule has 0 aromatic carbocycles. The molecule has 0 rings (SSSR count). The van der Waals surface area contributed by atoms with Gasteiger partial charge in [-0.15, -0.1) is 0 Å². The molecule has 16 nitrogen and oxygen atoms in total. The first kappa shape index (κ1) is 135. The van der Waals surface area contributed by atoms with E-state index >= 15 is 0 Å². The zero-order chi connectivity index (χ0) is 99.9. The quantitative estimate of drug-likeness (QED) is 0.0264. The molecule has 16 heteroatoms. The van der Waals surface area contributed by atoms with Crippen LogP contribution in [-0.2, 0) is 19.2 Å². The molecule has 0 amide bonds. The molecule has 0 saturated heterocycles. The van der Waals surface area contributed by atoms with Crippen molar-refractivity contribution in [2.75, 3.05) is 78.5 Å². The van der Waals surface area contributed by atoms with Crippen LogP contribution in [0.5, 0.6) is 0 Å². The van der Waals surface area contributed by atoms with Crippen molar-refractivity contribution >= 4 is 23.1 Å². The molecule has 0 aliphatic rings. The highest BCUT2D eigenvalue weighted by Crippen LogP contribution is 2.28. The van der Waals surface area contributed by atoms with Crippen molar-refractivity contribution < 1.29 is 60.0 Å². The van der Waals surface area contributed by atoms with E-state index in [1.165, 1.54) is 315 Å². The number of unbranched alkanes of at least 4 members (excludes halogenated alkanes) is 53. The van der Waals surface area contributed by atoms with Gasteiger partial charge in [0.25, 0.3) is 0 Å². The van der Waals surface area contributed by atoms with Crippen molar-refractivity contribution in [1.82, 2.24) is 19.6 Å². The Morgan fingerprint density at radius 3 is 0.474 bits per heavy atom. The molecule has 0 aromatic heterocycles. The van der Waals surface area contributed by atoms with Gasteiger partial charge in [0.05, 0.1) is 48.8 Å². The van der Waals surface area contributed by atoms with E-state index in [0.29, 0.717) is 78.0 Å². The Bertz CT molecular complexity index is 2380. The highest BCUT2D eigenvalue weighted by molar-refractivity contribution is 5.88. The van der Waals surface area contributed by atoms with Crippen molar-refractivity contribution in [2.45, 2.75) is 639 Å². The van der Waals surface area contributed by atoms with Gasteiger partial charge >= 0.3 is 0 Å². The zero-order valence-corrected chi connectivity index (χ0v) is 92.3. The maximum absolute atomic E-state index is 13.8. The van der Waals surface area contributed by atoms with Crippen LogP contribution in [0.4, 0.5) is 0 Å². The summed E-state index contributed by atoms with van der Waals surface area (Å²) in [4.78, 5) is 62.2. The summed E-state index contributed by atoms with van der Waals surface area (Å²) in [5.41, 5.74) is 0.